The van der Waals surface area contributed by atoms with E-state index in [1.54, 1.807) is 61.8 Å². The highest BCUT2D eigenvalue weighted by atomic mass is 32.1. The molecule has 0 aliphatic rings. The normalized spacial score (nSPS) is 10.7. The Bertz CT molecular complexity index is 1240. The van der Waals surface area contributed by atoms with Crippen molar-refractivity contribution in [2.75, 3.05) is 54.2 Å². The van der Waals surface area contributed by atoms with Crippen molar-refractivity contribution in [2.45, 2.75) is 33.2 Å². The van der Waals surface area contributed by atoms with Crippen LogP contribution in [0, 0.1) is 6.92 Å². The average Bonchev–Trinajstić information content (AvgIpc) is 3.40. The highest BCUT2D eigenvalue weighted by Crippen LogP contribution is 2.28. The van der Waals surface area contributed by atoms with Gasteiger partial charge in [0.25, 0.3) is 5.91 Å². The van der Waals surface area contributed by atoms with Crippen LogP contribution in [0.3, 0.4) is 0 Å². The molecule has 0 unspecified atom stereocenters. The van der Waals surface area contributed by atoms with Gasteiger partial charge in [0.15, 0.2) is 11.5 Å². The van der Waals surface area contributed by atoms with Crippen LogP contribution in [-0.2, 0) is 22.5 Å². The molecule has 0 saturated carbocycles. The molecule has 1 heterocycles. The highest BCUT2D eigenvalue weighted by molar-refractivity contribution is 7.11. The Hall–Kier alpha value is -3.56. The number of aryl methyl sites for hydroxylation is 1. The summed E-state index contributed by atoms with van der Waals surface area (Å²) in [6, 6.07) is 16.9. The van der Waals surface area contributed by atoms with Gasteiger partial charge in [-0.2, -0.15) is 0 Å². The van der Waals surface area contributed by atoms with Crippen molar-refractivity contribution >= 4 is 23.2 Å². The van der Waals surface area contributed by atoms with Crippen molar-refractivity contribution in [3.8, 4) is 17.2 Å². The van der Waals surface area contributed by atoms with Crippen molar-refractivity contribution in [1.29, 1.82) is 0 Å². The zero-order valence-electron chi connectivity index (χ0n) is 24.1. The van der Waals surface area contributed by atoms with Crippen LogP contribution in [0.25, 0.3) is 0 Å². The monoisotopic (exact) mass is 568 g/mol. The molecule has 2 aromatic carbocycles. The number of rotatable bonds is 16. The zero-order chi connectivity index (χ0) is 28.9. The molecule has 9 heteroatoms. The van der Waals surface area contributed by atoms with Crippen molar-refractivity contribution in [3.05, 3.63) is 75.5 Å². The predicted molar refractivity (Wildman–Crippen MR) is 158 cm³/mol. The summed E-state index contributed by atoms with van der Waals surface area (Å²) in [4.78, 5) is 33.1. The number of carbonyl (C=O) groups is 2. The van der Waals surface area contributed by atoms with Crippen LogP contribution in [0.1, 0.15) is 39.0 Å². The van der Waals surface area contributed by atoms with Gasteiger partial charge in [0.2, 0.25) is 5.91 Å². The van der Waals surface area contributed by atoms with E-state index in [4.69, 9.17) is 18.9 Å². The van der Waals surface area contributed by atoms with Crippen molar-refractivity contribution in [2.24, 2.45) is 0 Å². The van der Waals surface area contributed by atoms with Crippen LogP contribution in [0.5, 0.6) is 17.2 Å². The molecule has 0 bridgehead atoms. The molecule has 0 atom stereocenters. The molecule has 40 heavy (non-hydrogen) atoms. The third-order valence-corrected chi connectivity index (χ3v) is 7.45. The predicted octanol–water partition coefficient (Wildman–Crippen LogP) is 5.22. The summed E-state index contributed by atoms with van der Waals surface area (Å²) < 4.78 is 21.6. The molecule has 0 N–H and O–H groups in total. The van der Waals surface area contributed by atoms with E-state index >= 15 is 0 Å². The Balaban J connectivity index is 1.80. The minimum Gasteiger partial charge on any atom is -0.497 e. The summed E-state index contributed by atoms with van der Waals surface area (Å²) in [6.07, 6.45) is 1.26. The number of carbonyl (C=O) groups excluding carboxylic acids is 2. The second-order valence-corrected chi connectivity index (χ2v) is 10.6. The fraction of sp³-hybridized carbons (Fsp3) is 0.419. The first-order chi connectivity index (χ1) is 19.4. The van der Waals surface area contributed by atoms with Gasteiger partial charge in [-0.25, -0.2) is 0 Å². The van der Waals surface area contributed by atoms with E-state index in [2.05, 4.69) is 19.1 Å². The molecular formula is C31H40N2O6S. The molecule has 3 rings (SSSR count). The Morgan fingerprint density at radius 2 is 1.68 bits per heavy atom. The number of hydrogen-bond acceptors (Lipinski definition) is 7. The number of amides is 2. The van der Waals surface area contributed by atoms with Crippen LogP contribution >= 0.6 is 11.3 Å². The second kappa shape index (κ2) is 15.9. The second-order valence-electron chi connectivity index (χ2n) is 9.28. The first kappa shape index (κ1) is 31.0. The van der Waals surface area contributed by atoms with Gasteiger partial charge in [-0.05, 0) is 74.7 Å². The minimum atomic E-state index is -0.212. The van der Waals surface area contributed by atoms with Gasteiger partial charge in [0, 0.05) is 41.6 Å². The van der Waals surface area contributed by atoms with E-state index in [-0.39, 0.29) is 18.4 Å². The topological polar surface area (TPSA) is 77.5 Å². The Morgan fingerprint density at radius 3 is 2.35 bits per heavy atom. The van der Waals surface area contributed by atoms with Crippen LogP contribution in [0.2, 0.25) is 0 Å². The summed E-state index contributed by atoms with van der Waals surface area (Å²) >= 11 is 1.67. The van der Waals surface area contributed by atoms with Gasteiger partial charge in [0.1, 0.15) is 12.3 Å². The van der Waals surface area contributed by atoms with E-state index in [1.165, 1.54) is 4.88 Å². The number of hydrogen-bond donors (Lipinski definition) is 0. The van der Waals surface area contributed by atoms with Crippen molar-refractivity contribution in [3.63, 3.8) is 0 Å². The molecule has 0 radical (unpaired) electrons. The van der Waals surface area contributed by atoms with Crippen LogP contribution in [-0.4, -0.2) is 75.8 Å². The molecule has 2 amide bonds. The van der Waals surface area contributed by atoms with Crippen LogP contribution < -0.4 is 14.2 Å². The fourth-order valence-electron chi connectivity index (χ4n) is 4.31. The fourth-order valence-corrected chi connectivity index (χ4v) is 5.21. The summed E-state index contributed by atoms with van der Waals surface area (Å²) in [5, 5.41) is 0. The molecule has 1 aromatic heterocycles. The molecule has 8 nitrogen and oxygen atoms in total. The van der Waals surface area contributed by atoms with E-state index in [9.17, 15) is 9.59 Å². The van der Waals surface area contributed by atoms with Crippen LogP contribution in [0.15, 0.2) is 54.6 Å². The maximum Gasteiger partial charge on any atom is 0.254 e. The quantitative estimate of drug-likeness (QED) is 0.221. The van der Waals surface area contributed by atoms with Crippen LogP contribution in [0.4, 0.5) is 0 Å². The largest absolute Gasteiger partial charge is 0.497 e. The van der Waals surface area contributed by atoms with Gasteiger partial charge in [0.05, 0.1) is 27.9 Å². The molecular weight excluding hydrogens is 528 g/mol. The molecule has 0 fully saturated rings. The van der Waals surface area contributed by atoms with E-state index in [0.29, 0.717) is 68.5 Å². The minimum absolute atomic E-state index is 0.0293. The van der Waals surface area contributed by atoms with Crippen molar-refractivity contribution in [1.82, 2.24) is 9.80 Å². The lowest BCUT2D eigenvalue weighted by Gasteiger charge is -2.28. The Kier molecular flexibility index (Phi) is 12.3. The summed E-state index contributed by atoms with van der Waals surface area (Å²) in [5.74, 6) is 1.58. The lowest BCUT2D eigenvalue weighted by Crippen LogP contribution is -2.44. The van der Waals surface area contributed by atoms with Gasteiger partial charge in [-0.3, -0.25) is 9.59 Å². The lowest BCUT2D eigenvalue weighted by atomic mass is 10.1. The maximum atomic E-state index is 13.8. The lowest BCUT2D eigenvalue weighted by molar-refractivity contribution is -0.132. The van der Waals surface area contributed by atoms with Gasteiger partial charge in [-0.15, -0.1) is 11.3 Å². The van der Waals surface area contributed by atoms with E-state index < -0.39 is 0 Å². The van der Waals surface area contributed by atoms with E-state index in [1.807, 2.05) is 30.0 Å². The third kappa shape index (κ3) is 8.99. The van der Waals surface area contributed by atoms with Crippen molar-refractivity contribution < 1.29 is 28.5 Å². The zero-order valence-corrected chi connectivity index (χ0v) is 24.9. The number of nitrogens with zero attached hydrogens (tertiary/aromatic N) is 2. The first-order valence-electron chi connectivity index (χ1n) is 13.4. The number of benzene rings is 2. The SMILES string of the molecule is CCOCCCN(CC(=O)N(CCc1ccc(OC)c(OC)c1)Cc1ccc(C)s1)C(=O)c1cccc(OC)c1. The Morgan fingerprint density at radius 1 is 0.875 bits per heavy atom. The molecule has 0 aliphatic heterocycles. The molecule has 0 spiro atoms. The first-order valence-corrected chi connectivity index (χ1v) is 14.2. The average molecular weight is 569 g/mol. The number of ether oxygens (including phenoxy) is 4. The number of thiophene rings is 1. The van der Waals surface area contributed by atoms with Gasteiger partial charge in [-0.1, -0.05) is 12.1 Å². The molecule has 0 saturated heterocycles. The molecule has 216 valence electrons. The van der Waals surface area contributed by atoms with Gasteiger partial charge < -0.3 is 28.7 Å². The molecule has 0 aliphatic carbocycles. The summed E-state index contributed by atoms with van der Waals surface area (Å²) in [5.41, 5.74) is 1.51. The maximum absolute atomic E-state index is 13.8. The van der Waals surface area contributed by atoms with E-state index in [0.717, 1.165) is 10.4 Å². The highest BCUT2D eigenvalue weighted by Gasteiger charge is 2.23. The summed E-state index contributed by atoms with van der Waals surface area (Å²) in [6.45, 7) is 6.46. The molecule has 3 aromatic rings. The third-order valence-electron chi connectivity index (χ3n) is 6.46. The smallest absolute Gasteiger partial charge is 0.254 e. The summed E-state index contributed by atoms with van der Waals surface area (Å²) in [7, 11) is 4.78. The standard InChI is InChI=1S/C31H40N2O6S/c1-6-39-18-8-16-33(31(35)25-9-7-10-26(20-25)36-3)22-30(34)32(21-27-13-11-23(2)40-27)17-15-24-12-14-28(37-4)29(19-24)38-5/h7,9-14,19-20H,6,8,15-18,21-22H2,1-5H3. The number of methoxy groups -OCH3 is 3. The Labute approximate surface area is 241 Å². The van der Waals surface area contributed by atoms with Gasteiger partial charge >= 0.3 is 0 Å².